The van der Waals surface area contributed by atoms with Gasteiger partial charge in [-0.2, -0.15) is 0 Å². The Morgan fingerprint density at radius 2 is 2.32 bits per heavy atom. The van der Waals surface area contributed by atoms with Crippen molar-refractivity contribution in [2.75, 3.05) is 13.2 Å². The summed E-state index contributed by atoms with van der Waals surface area (Å²) in [4.78, 5) is 17.9. The maximum Gasteiger partial charge on any atom is 0.412 e. The van der Waals surface area contributed by atoms with Crippen LogP contribution in [0.2, 0.25) is 0 Å². The zero-order valence-corrected chi connectivity index (χ0v) is 11.6. The van der Waals surface area contributed by atoms with Gasteiger partial charge >= 0.3 is 6.09 Å². The highest BCUT2D eigenvalue weighted by Gasteiger charge is 2.33. The fourth-order valence-corrected chi connectivity index (χ4v) is 1.92. The zero-order valence-electron chi connectivity index (χ0n) is 11.6. The van der Waals surface area contributed by atoms with Gasteiger partial charge in [0.05, 0.1) is 13.2 Å². The van der Waals surface area contributed by atoms with Crippen LogP contribution >= 0.6 is 0 Å². The third-order valence-corrected chi connectivity index (χ3v) is 2.73. The summed E-state index contributed by atoms with van der Waals surface area (Å²) in [5.74, 6) is 0. The van der Waals surface area contributed by atoms with Gasteiger partial charge in [-0.05, 0) is 32.9 Å². The molecule has 1 aromatic heterocycles. The Kier molecular flexibility index (Phi) is 4.04. The number of nitrogens with zero attached hydrogens (tertiary/aromatic N) is 2. The Hall–Kier alpha value is -1.62. The molecule has 1 aliphatic heterocycles. The summed E-state index contributed by atoms with van der Waals surface area (Å²) in [7, 11) is 0. The molecule has 1 unspecified atom stereocenters. The summed E-state index contributed by atoms with van der Waals surface area (Å²) in [5, 5.41) is 0. The van der Waals surface area contributed by atoms with Crippen LogP contribution in [0, 0.1) is 0 Å². The van der Waals surface area contributed by atoms with Gasteiger partial charge in [0.1, 0.15) is 11.8 Å². The van der Waals surface area contributed by atoms with E-state index in [1.165, 1.54) is 0 Å². The summed E-state index contributed by atoms with van der Waals surface area (Å²) < 4.78 is 11.0. The number of hydrogen-bond donors (Lipinski definition) is 0. The number of hydrogen-bond acceptors (Lipinski definition) is 4. The molecule has 1 aromatic rings. The molecule has 2 heterocycles. The van der Waals surface area contributed by atoms with Crippen LogP contribution in [-0.4, -0.2) is 41.0 Å². The molecule has 1 saturated heterocycles. The van der Waals surface area contributed by atoms with E-state index >= 15 is 0 Å². The fourth-order valence-electron chi connectivity index (χ4n) is 1.92. The third kappa shape index (κ3) is 3.92. The highest BCUT2D eigenvalue weighted by atomic mass is 16.6. The fraction of sp³-hybridized carbons (Fsp3) is 0.571. The number of carbonyl (C=O) groups excluding carboxylic acids is 1. The van der Waals surface area contributed by atoms with Gasteiger partial charge in [0.2, 0.25) is 0 Å². The monoisotopic (exact) mass is 264 g/mol. The Bertz CT molecular complexity index is 428. The van der Waals surface area contributed by atoms with Crippen molar-refractivity contribution in [2.24, 2.45) is 0 Å². The summed E-state index contributed by atoms with van der Waals surface area (Å²) in [6, 6.07) is 5.72. The van der Waals surface area contributed by atoms with Gasteiger partial charge in [0.15, 0.2) is 0 Å². The van der Waals surface area contributed by atoms with Crippen molar-refractivity contribution in [3.63, 3.8) is 0 Å². The van der Waals surface area contributed by atoms with Crippen molar-refractivity contribution in [1.82, 2.24) is 9.88 Å². The largest absolute Gasteiger partial charge is 0.444 e. The molecule has 0 saturated carbocycles. The quantitative estimate of drug-likeness (QED) is 0.822. The van der Waals surface area contributed by atoms with Gasteiger partial charge in [0, 0.05) is 18.3 Å². The van der Waals surface area contributed by atoms with E-state index in [1.807, 2.05) is 39.0 Å². The topological polar surface area (TPSA) is 51.7 Å². The number of amides is 1. The molecule has 1 amide bonds. The molecule has 5 nitrogen and oxygen atoms in total. The second kappa shape index (κ2) is 5.57. The summed E-state index contributed by atoms with van der Waals surface area (Å²) >= 11 is 0. The molecule has 1 aliphatic rings. The Labute approximate surface area is 113 Å². The third-order valence-electron chi connectivity index (χ3n) is 2.73. The van der Waals surface area contributed by atoms with E-state index in [0.29, 0.717) is 19.6 Å². The van der Waals surface area contributed by atoms with Crippen LogP contribution < -0.4 is 0 Å². The lowest BCUT2D eigenvalue weighted by molar-refractivity contribution is -0.00860. The number of pyridine rings is 1. The molecular formula is C14H20N2O3. The van der Waals surface area contributed by atoms with E-state index in [2.05, 4.69) is 4.98 Å². The minimum Gasteiger partial charge on any atom is -0.444 e. The van der Waals surface area contributed by atoms with Crippen molar-refractivity contribution in [3.05, 3.63) is 30.1 Å². The smallest absolute Gasteiger partial charge is 0.412 e. The molecule has 0 N–H and O–H groups in total. The molecular weight excluding hydrogens is 244 g/mol. The van der Waals surface area contributed by atoms with Crippen LogP contribution in [0.15, 0.2) is 24.4 Å². The number of ether oxygens (including phenoxy) is 2. The minimum atomic E-state index is -0.491. The van der Waals surface area contributed by atoms with Gasteiger partial charge in [-0.3, -0.25) is 9.88 Å². The molecule has 0 aromatic carbocycles. The van der Waals surface area contributed by atoms with Crippen LogP contribution in [0.4, 0.5) is 4.79 Å². The maximum absolute atomic E-state index is 12.1. The summed E-state index contributed by atoms with van der Waals surface area (Å²) in [6.45, 7) is 6.67. The molecule has 104 valence electrons. The van der Waals surface area contributed by atoms with Gasteiger partial charge < -0.3 is 9.47 Å². The van der Waals surface area contributed by atoms with Crippen molar-refractivity contribution >= 4 is 6.09 Å². The first-order valence-electron chi connectivity index (χ1n) is 6.47. The van der Waals surface area contributed by atoms with Crippen molar-refractivity contribution in [2.45, 2.75) is 39.0 Å². The lowest BCUT2D eigenvalue weighted by atomic mass is 10.2. The zero-order chi connectivity index (χ0) is 13.9. The highest BCUT2D eigenvalue weighted by molar-refractivity contribution is 5.68. The average Bonchev–Trinajstić information content (AvgIpc) is 2.76. The standard InChI is InChI=1S/C14H20N2O3/c1-14(2,3)19-13(17)16-8-9-18-12(16)10-11-6-4-5-7-15-11/h4-7,12H,8-10H2,1-3H3. The normalized spacial score (nSPS) is 19.5. The van der Waals surface area contributed by atoms with E-state index in [9.17, 15) is 4.79 Å². The van der Waals surface area contributed by atoms with Crippen LogP contribution in [0.5, 0.6) is 0 Å². The number of rotatable bonds is 2. The van der Waals surface area contributed by atoms with Crippen molar-refractivity contribution in [1.29, 1.82) is 0 Å². The first-order chi connectivity index (χ1) is 8.96. The first-order valence-corrected chi connectivity index (χ1v) is 6.47. The summed E-state index contributed by atoms with van der Waals surface area (Å²) in [6.07, 6.45) is 1.71. The molecule has 5 heteroatoms. The minimum absolute atomic E-state index is 0.287. The Morgan fingerprint density at radius 3 is 2.95 bits per heavy atom. The van der Waals surface area contributed by atoms with Gasteiger partial charge in [-0.15, -0.1) is 0 Å². The van der Waals surface area contributed by atoms with Crippen LogP contribution in [-0.2, 0) is 15.9 Å². The molecule has 1 atom stereocenters. The predicted molar refractivity (Wildman–Crippen MR) is 70.6 cm³/mol. The number of carbonyl (C=O) groups is 1. The second-order valence-corrected chi connectivity index (χ2v) is 5.52. The average molecular weight is 264 g/mol. The summed E-state index contributed by atoms with van der Waals surface area (Å²) in [5.41, 5.74) is 0.415. The first kappa shape index (κ1) is 13.8. The molecule has 0 aliphatic carbocycles. The van der Waals surface area contributed by atoms with E-state index < -0.39 is 5.60 Å². The number of aromatic nitrogens is 1. The Morgan fingerprint density at radius 1 is 1.53 bits per heavy atom. The Balaban J connectivity index is 1.99. The SMILES string of the molecule is CC(C)(C)OC(=O)N1CCOC1Cc1ccccn1. The second-order valence-electron chi connectivity index (χ2n) is 5.52. The molecule has 0 spiro atoms. The molecule has 1 fully saturated rings. The lowest BCUT2D eigenvalue weighted by Gasteiger charge is -2.27. The molecule has 19 heavy (non-hydrogen) atoms. The maximum atomic E-state index is 12.1. The predicted octanol–water partition coefficient (Wildman–Crippen LogP) is 2.22. The molecule has 0 radical (unpaired) electrons. The lowest BCUT2D eigenvalue weighted by Crippen LogP contribution is -2.41. The van der Waals surface area contributed by atoms with Crippen molar-refractivity contribution < 1.29 is 14.3 Å². The van der Waals surface area contributed by atoms with Gasteiger partial charge in [-0.1, -0.05) is 6.07 Å². The van der Waals surface area contributed by atoms with Crippen LogP contribution in [0.3, 0.4) is 0 Å². The van der Waals surface area contributed by atoms with Crippen LogP contribution in [0.1, 0.15) is 26.5 Å². The molecule has 2 rings (SSSR count). The van der Waals surface area contributed by atoms with Gasteiger partial charge in [0.25, 0.3) is 0 Å². The van der Waals surface area contributed by atoms with Crippen LogP contribution in [0.25, 0.3) is 0 Å². The van der Waals surface area contributed by atoms with Crippen molar-refractivity contribution in [3.8, 4) is 0 Å². The van der Waals surface area contributed by atoms with E-state index in [4.69, 9.17) is 9.47 Å². The van der Waals surface area contributed by atoms with E-state index in [1.54, 1.807) is 11.1 Å². The molecule has 0 bridgehead atoms. The highest BCUT2D eigenvalue weighted by Crippen LogP contribution is 2.18. The van der Waals surface area contributed by atoms with E-state index in [0.717, 1.165) is 5.69 Å². The van der Waals surface area contributed by atoms with Gasteiger partial charge in [-0.25, -0.2) is 4.79 Å². The van der Waals surface area contributed by atoms with E-state index in [-0.39, 0.29) is 12.3 Å².